The molecule has 0 aliphatic carbocycles. The van der Waals surface area contributed by atoms with Crippen LogP contribution in [0, 0.1) is 3.57 Å². The van der Waals surface area contributed by atoms with Gasteiger partial charge in [-0.3, -0.25) is 0 Å². The zero-order valence-electron chi connectivity index (χ0n) is 8.23. The predicted octanol–water partition coefficient (Wildman–Crippen LogP) is 3.68. The Balaban J connectivity index is 2.14. The molecule has 0 saturated carbocycles. The molecule has 0 spiro atoms. The summed E-state index contributed by atoms with van der Waals surface area (Å²) < 4.78 is 0.990. The number of aromatic nitrogens is 1. The maximum Gasteiger partial charge on any atom is 0.0954 e. The van der Waals surface area contributed by atoms with Crippen LogP contribution in [-0.4, -0.2) is 10.1 Å². The van der Waals surface area contributed by atoms with Crippen LogP contribution in [0.3, 0.4) is 0 Å². The van der Waals surface area contributed by atoms with Gasteiger partial charge in [-0.15, -0.1) is 11.3 Å². The quantitative estimate of drug-likeness (QED) is 0.842. The number of benzene rings is 1. The molecule has 2 aromatic rings. The van der Waals surface area contributed by atoms with Gasteiger partial charge in [-0.1, -0.05) is 17.7 Å². The third-order valence-corrected chi connectivity index (χ3v) is 4.55. The van der Waals surface area contributed by atoms with Gasteiger partial charge in [-0.2, -0.15) is 0 Å². The van der Waals surface area contributed by atoms with Crippen molar-refractivity contribution in [2.24, 2.45) is 0 Å². The lowest BCUT2D eigenvalue weighted by Crippen LogP contribution is -2.01. The summed E-state index contributed by atoms with van der Waals surface area (Å²) in [5.41, 5.74) is 0.834. The second kappa shape index (κ2) is 5.44. The van der Waals surface area contributed by atoms with Crippen LogP contribution >= 0.6 is 45.5 Å². The normalized spacial score (nSPS) is 12.7. The van der Waals surface area contributed by atoms with E-state index in [1.165, 1.54) is 0 Å². The Morgan fingerprint density at radius 1 is 1.50 bits per heavy atom. The monoisotopic (exact) mass is 365 g/mol. The topological polar surface area (TPSA) is 33.1 Å². The van der Waals surface area contributed by atoms with E-state index in [9.17, 15) is 5.11 Å². The van der Waals surface area contributed by atoms with Gasteiger partial charge in [-0.25, -0.2) is 4.98 Å². The minimum atomic E-state index is -0.541. The highest BCUT2D eigenvalue weighted by molar-refractivity contribution is 14.1. The molecule has 1 N–H and O–H groups in total. The Labute approximate surface area is 116 Å². The van der Waals surface area contributed by atoms with E-state index in [2.05, 4.69) is 27.6 Å². The zero-order valence-corrected chi connectivity index (χ0v) is 12.0. The zero-order chi connectivity index (χ0) is 11.5. The van der Waals surface area contributed by atoms with Crippen molar-refractivity contribution >= 4 is 45.5 Å². The average Bonchev–Trinajstić information content (AvgIpc) is 2.74. The summed E-state index contributed by atoms with van der Waals surface area (Å²) in [5, 5.41) is 13.5. The maximum absolute atomic E-state index is 10.0. The number of halogens is 2. The van der Waals surface area contributed by atoms with Gasteiger partial charge in [0.15, 0.2) is 0 Å². The first kappa shape index (κ1) is 12.3. The van der Waals surface area contributed by atoms with Gasteiger partial charge in [0.1, 0.15) is 0 Å². The summed E-state index contributed by atoms with van der Waals surface area (Å²) in [4.78, 5) is 4.15. The van der Waals surface area contributed by atoms with Crippen LogP contribution in [0.2, 0.25) is 5.02 Å². The summed E-state index contributed by atoms with van der Waals surface area (Å²) in [7, 11) is 0. The summed E-state index contributed by atoms with van der Waals surface area (Å²) >= 11 is 9.72. The molecule has 1 aromatic heterocycles. The van der Waals surface area contributed by atoms with Crippen molar-refractivity contribution in [1.29, 1.82) is 0 Å². The smallest absolute Gasteiger partial charge is 0.0954 e. The SMILES string of the molecule is OC(Cc1nccs1)c1ccc(I)c(Cl)c1. The van der Waals surface area contributed by atoms with E-state index in [1.807, 2.05) is 23.6 Å². The van der Waals surface area contributed by atoms with E-state index in [0.29, 0.717) is 11.4 Å². The van der Waals surface area contributed by atoms with Gasteiger partial charge in [0.2, 0.25) is 0 Å². The van der Waals surface area contributed by atoms with E-state index in [1.54, 1.807) is 17.5 Å². The molecule has 5 heteroatoms. The van der Waals surface area contributed by atoms with Gasteiger partial charge < -0.3 is 5.11 Å². The lowest BCUT2D eigenvalue weighted by molar-refractivity contribution is 0.178. The number of hydrogen-bond donors (Lipinski definition) is 1. The molecular formula is C11H9ClINOS. The van der Waals surface area contributed by atoms with E-state index < -0.39 is 6.10 Å². The summed E-state index contributed by atoms with van der Waals surface area (Å²) in [6.07, 6.45) is 1.74. The highest BCUT2D eigenvalue weighted by Gasteiger charge is 2.11. The number of hydrogen-bond acceptors (Lipinski definition) is 3. The van der Waals surface area contributed by atoms with Crippen molar-refractivity contribution in [1.82, 2.24) is 4.98 Å². The fourth-order valence-electron chi connectivity index (χ4n) is 1.36. The molecule has 1 heterocycles. The highest BCUT2D eigenvalue weighted by atomic mass is 127. The highest BCUT2D eigenvalue weighted by Crippen LogP contribution is 2.25. The molecular weight excluding hydrogens is 357 g/mol. The summed E-state index contributed by atoms with van der Waals surface area (Å²) in [6, 6.07) is 5.61. The van der Waals surface area contributed by atoms with Crippen molar-refractivity contribution in [3.63, 3.8) is 0 Å². The Kier molecular flexibility index (Phi) is 4.18. The minimum Gasteiger partial charge on any atom is -0.388 e. The molecule has 2 rings (SSSR count). The molecule has 16 heavy (non-hydrogen) atoms. The van der Waals surface area contributed by atoms with E-state index in [-0.39, 0.29) is 0 Å². The molecule has 0 saturated heterocycles. The van der Waals surface area contributed by atoms with Crippen LogP contribution in [0.15, 0.2) is 29.8 Å². The van der Waals surface area contributed by atoms with Crippen LogP contribution < -0.4 is 0 Å². The Bertz CT molecular complexity index is 475. The van der Waals surface area contributed by atoms with Crippen LogP contribution in [0.1, 0.15) is 16.7 Å². The van der Waals surface area contributed by atoms with Gasteiger partial charge in [-0.05, 0) is 40.3 Å². The molecule has 2 nitrogen and oxygen atoms in total. The standard InChI is InChI=1S/C11H9ClINOS/c12-8-5-7(1-2-9(8)13)10(15)6-11-14-3-4-16-11/h1-5,10,15H,6H2. The van der Waals surface area contributed by atoms with Crippen molar-refractivity contribution < 1.29 is 5.11 Å². The summed E-state index contributed by atoms with van der Waals surface area (Å²) in [6.45, 7) is 0. The second-order valence-corrected chi connectivity index (χ2v) is 5.87. The van der Waals surface area contributed by atoms with Gasteiger partial charge in [0.25, 0.3) is 0 Å². The third kappa shape index (κ3) is 2.94. The lowest BCUT2D eigenvalue weighted by atomic mass is 10.1. The van der Waals surface area contributed by atoms with Crippen molar-refractivity contribution in [2.45, 2.75) is 12.5 Å². The first-order valence-electron chi connectivity index (χ1n) is 4.68. The van der Waals surface area contributed by atoms with E-state index >= 15 is 0 Å². The predicted molar refractivity (Wildman–Crippen MR) is 74.9 cm³/mol. The van der Waals surface area contributed by atoms with Crippen LogP contribution in [0.4, 0.5) is 0 Å². The number of nitrogens with zero attached hydrogens (tertiary/aromatic N) is 1. The maximum atomic E-state index is 10.0. The fraction of sp³-hybridized carbons (Fsp3) is 0.182. The lowest BCUT2D eigenvalue weighted by Gasteiger charge is -2.10. The number of rotatable bonds is 3. The Hall–Kier alpha value is -0.170. The minimum absolute atomic E-state index is 0.536. The van der Waals surface area contributed by atoms with Crippen LogP contribution in [0.25, 0.3) is 0 Å². The van der Waals surface area contributed by atoms with Crippen LogP contribution in [-0.2, 0) is 6.42 Å². The van der Waals surface area contributed by atoms with Crippen molar-refractivity contribution in [2.75, 3.05) is 0 Å². The molecule has 0 aliphatic rings. The molecule has 84 valence electrons. The number of thiazole rings is 1. The fourth-order valence-corrected chi connectivity index (χ4v) is 2.54. The molecule has 0 bridgehead atoms. The average molecular weight is 366 g/mol. The molecule has 0 fully saturated rings. The summed E-state index contributed by atoms with van der Waals surface area (Å²) in [5.74, 6) is 0. The second-order valence-electron chi connectivity index (χ2n) is 3.32. The Morgan fingerprint density at radius 3 is 2.94 bits per heavy atom. The molecule has 1 atom stereocenters. The molecule has 0 radical (unpaired) electrons. The first-order chi connectivity index (χ1) is 7.66. The van der Waals surface area contributed by atoms with Gasteiger partial charge >= 0.3 is 0 Å². The van der Waals surface area contributed by atoms with Crippen LogP contribution in [0.5, 0.6) is 0 Å². The van der Waals surface area contributed by atoms with E-state index in [0.717, 1.165) is 14.1 Å². The largest absolute Gasteiger partial charge is 0.388 e. The Morgan fingerprint density at radius 2 is 2.31 bits per heavy atom. The van der Waals surface area contributed by atoms with Gasteiger partial charge in [0, 0.05) is 21.6 Å². The number of aliphatic hydroxyl groups is 1. The number of aliphatic hydroxyl groups excluding tert-OH is 1. The van der Waals surface area contributed by atoms with Crippen molar-refractivity contribution in [3.05, 3.63) is 48.9 Å². The molecule has 1 aromatic carbocycles. The first-order valence-corrected chi connectivity index (χ1v) is 7.02. The molecule has 0 aliphatic heterocycles. The molecule has 1 unspecified atom stereocenters. The van der Waals surface area contributed by atoms with E-state index in [4.69, 9.17) is 11.6 Å². The van der Waals surface area contributed by atoms with Gasteiger partial charge in [0.05, 0.1) is 16.1 Å². The van der Waals surface area contributed by atoms with Crippen molar-refractivity contribution in [3.8, 4) is 0 Å². The molecule has 0 amide bonds. The third-order valence-electron chi connectivity index (χ3n) is 2.18.